The highest BCUT2D eigenvalue weighted by Crippen LogP contribution is 2.50. The van der Waals surface area contributed by atoms with Gasteiger partial charge < -0.3 is 25.5 Å². The molecule has 4 unspecified atom stereocenters. The Morgan fingerprint density at radius 3 is 1.15 bits per heavy atom. The third-order valence-corrected chi connectivity index (χ3v) is 23.1. The summed E-state index contributed by atoms with van der Waals surface area (Å²) in [7, 11) is -7.69. The number of nitrogens with zero attached hydrogens (tertiary/aromatic N) is 2. The fourth-order valence-electron chi connectivity index (χ4n) is 12.9. The van der Waals surface area contributed by atoms with Crippen molar-refractivity contribution in [3.8, 4) is 22.3 Å². The highest BCUT2D eigenvalue weighted by molar-refractivity contribution is 7.91. The first kappa shape index (κ1) is 86.7. The maximum absolute atomic E-state index is 14.6. The molecule has 8 aromatic carbocycles. The molecular formula is C78H66F12N2O18S2. The largest absolute Gasteiger partial charge is 0.478 e. The van der Waals surface area contributed by atoms with Gasteiger partial charge in [0.2, 0.25) is 19.7 Å². The van der Waals surface area contributed by atoms with Crippen LogP contribution in [0, 0.1) is 41.5 Å². The number of Topliss-reactive ketones (excluding diaryl/α,β-unsaturated/α-hetero) is 2. The first-order valence-corrected chi connectivity index (χ1v) is 35.9. The van der Waals surface area contributed by atoms with E-state index in [0.717, 1.165) is 114 Å². The monoisotopic (exact) mass is 1610 g/mol. The minimum atomic E-state index is -5.43. The van der Waals surface area contributed by atoms with Crippen molar-refractivity contribution in [2.24, 2.45) is 0 Å². The molecule has 5 N–H and O–H groups in total. The van der Waals surface area contributed by atoms with Gasteiger partial charge in [-0.3, -0.25) is 33.7 Å². The molecule has 20 nitrogen and oxygen atoms in total. The maximum Gasteiger partial charge on any atom is 0.421 e. The normalized spacial score (nSPS) is 15.5. The van der Waals surface area contributed by atoms with Gasteiger partial charge >= 0.3 is 36.8 Å². The zero-order valence-electron chi connectivity index (χ0n) is 60.8. The van der Waals surface area contributed by atoms with E-state index in [0.29, 0.717) is 38.2 Å². The predicted octanol–water partition coefficient (Wildman–Crippen LogP) is 14.5. The highest BCUT2D eigenvalue weighted by atomic mass is 32.2. The summed E-state index contributed by atoms with van der Waals surface area (Å²) in [5.74, 6) is -6.64. The maximum atomic E-state index is 14.6. The summed E-state index contributed by atoms with van der Waals surface area (Å²) < 4.78 is 224. The van der Waals surface area contributed by atoms with Crippen LogP contribution in [-0.4, -0.2) is 126 Å². The number of imide groups is 2. The van der Waals surface area contributed by atoms with Crippen molar-refractivity contribution in [1.82, 2.24) is 4.90 Å². The molecule has 2 aliphatic rings. The number of carbonyl (C=O) groups excluding carboxylic acids is 8. The SMILES string of the molecule is CCC(=O)c1ccc(S(=O)(=O)c2ccc(C(=O)Cc3cc(C)c(-c4cc(C(C)(O)C(F)(F)F)c(C)cc4C)cc3C(C)(O)C(F)(F)F)cc2)cc1C(=O)O.Cc1cc(C)c(C(C)(O)C(F)(F)F)cc1-c1cc(C(C)(O)C(F)(F)F)c(N2C(=O)c3ccc(S(=O)(=O)c4ccc5c(c4)C(=O)N(C)C5=O)cc3C2=O)cc1C.O=C=O. The van der Waals surface area contributed by atoms with Crippen LogP contribution in [0.1, 0.15) is 175 Å². The summed E-state index contributed by atoms with van der Waals surface area (Å²) in [4.78, 5) is 106. The van der Waals surface area contributed by atoms with Crippen LogP contribution < -0.4 is 4.90 Å². The van der Waals surface area contributed by atoms with E-state index >= 15 is 0 Å². The summed E-state index contributed by atoms with van der Waals surface area (Å²) >= 11 is 0. The third-order valence-electron chi connectivity index (χ3n) is 19.6. The van der Waals surface area contributed by atoms with E-state index in [2.05, 4.69) is 0 Å². The van der Waals surface area contributed by atoms with Crippen molar-refractivity contribution in [3.63, 3.8) is 0 Å². The smallest absolute Gasteiger partial charge is 0.421 e. The number of aromatic carboxylic acids is 1. The Hall–Kier alpha value is -10.9. The lowest BCUT2D eigenvalue weighted by Gasteiger charge is -2.32. The molecule has 4 amide bonds. The number of carbonyl (C=O) groups is 7. The van der Waals surface area contributed by atoms with Crippen LogP contribution >= 0.6 is 0 Å². The van der Waals surface area contributed by atoms with Gasteiger partial charge in [0.15, 0.2) is 34.0 Å². The quantitative estimate of drug-likeness (QED) is 0.0321. The molecule has 2 aliphatic heterocycles. The van der Waals surface area contributed by atoms with E-state index in [1.165, 1.54) is 73.7 Å². The molecule has 0 aliphatic carbocycles. The summed E-state index contributed by atoms with van der Waals surface area (Å²) in [5, 5.41) is 52.4. The Labute approximate surface area is 630 Å². The van der Waals surface area contributed by atoms with Gasteiger partial charge in [0, 0.05) is 36.6 Å². The molecule has 0 fully saturated rings. The molecule has 112 heavy (non-hydrogen) atoms. The van der Waals surface area contributed by atoms with Crippen LogP contribution in [0.4, 0.5) is 58.4 Å². The van der Waals surface area contributed by atoms with Gasteiger partial charge in [-0.25, -0.2) is 26.5 Å². The number of alkyl halides is 12. The first-order chi connectivity index (χ1) is 51.2. The molecule has 0 spiro atoms. The Morgan fingerprint density at radius 1 is 0.393 bits per heavy atom. The van der Waals surface area contributed by atoms with Crippen LogP contribution in [-0.2, 0) is 58.1 Å². The first-order valence-electron chi connectivity index (χ1n) is 32.9. The molecule has 0 saturated heterocycles. The summed E-state index contributed by atoms with van der Waals surface area (Å²) in [6, 6.07) is 21.9. The Morgan fingerprint density at radius 2 is 0.723 bits per heavy atom. The van der Waals surface area contributed by atoms with E-state index in [-0.39, 0.29) is 95.4 Å². The number of halogens is 12. The minimum Gasteiger partial charge on any atom is -0.478 e. The van der Waals surface area contributed by atoms with Gasteiger partial charge in [-0.1, -0.05) is 37.3 Å². The number of rotatable bonds is 17. The van der Waals surface area contributed by atoms with Crippen molar-refractivity contribution in [2.45, 2.75) is 156 Å². The number of carboxylic acids is 1. The lowest BCUT2D eigenvalue weighted by Crippen LogP contribution is -2.42. The molecule has 4 atom stereocenters. The number of carboxylic acid groups (broad SMARTS) is 1. The van der Waals surface area contributed by atoms with Crippen LogP contribution in [0.15, 0.2) is 147 Å². The van der Waals surface area contributed by atoms with E-state index in [1.54, 1.807) is 0 Å². The van der Waals surface area contributed by atoms with Crippen molar-refractivity contribution in [3.05, 3.63) is 228 Å². The number of hydrogen-bond acceptors (Lipinski definition) is 17. The van der Waals surface area contributed by atoms with E-state index in [1.807, 2.05) is 0 Å². The molecule has 0 bridgehead atoms. The standard InChI is InChI=1S/C39H36F6O8S.C38H30F6N2O8S.CO2/c1-7-33(46)27-13-12-26(17-30(27)35(48)49)54(52,53)25-10-8-23(9-11-25)34(47)16-24-15-21(3)29(19-32(24)37(6,51)39(43,44)45)28-18-31(22(4)14-20(28)2)36(5,50)38(40,41)42;1-17-11-19(3)28(35(4,51)37(39,40)41)15-24(17)25-16-29(36(5,52)38(42,43)44)30(12-18(25)2)46-33(49)23-10-8-21(14-27(23)34(46)50)55(53,54)20-7-9-22-26(13-20)32(48)45(6)31(22)47;2-1-3/h8-15,17-19,50-51H,7,16H2,1-6H3,(H,48,49);7-16,51-52H,1-6H3;. The number of benzene rings is 8. The van der Waals surface area contributed by atoms with Crippen molar-refractivity contribution >= 4 is 72.7 Å². The predicted molar refractivity (Wildman–Crippen MR) is 374 cm³/mol. The molecule has 592 valence electrons. The topological polar surface area (TPSA) is 330 Å². The molecular weight excluding hydrogens is 1540 g/mol. The highest BCUT2D eigenvalue weighted by Gasteiger charge is 2.57. The molecule has 0 radical (unpaired) electrons. The van der Waals surface area contributed by atoms with Crippen LogP contribution in [0.5, 0.6) is 0 Å². The van der Waals surface area contributed by atoms with Gasteiger partial charge in [0.05, 0.1) is 53.1 Å². The number of anilines is 1. The third kappa shape index (κ3) is 15.5. The summed E-state index contributed by atoms with van der Waals surface area (Å²) in [6.45, 7) is 11.9. The molecule has 0 saturated carbocycles. The van der Waals surface area contributed by atoms with Gasteiger partial charge in [-0.05, 0) is 244 Å². The van der Waals surface area contributed by atoms with Gasteiger partial charge in [0.1, 0.15) is 0 Å². The number of ketones is 2. The summed E-state index contributed by atoms with van der Waals surface area (Å²) in [5.41, 5.74) is -18.9. The van der Waals surface area contributed by atoms with Crippen molar-refractivity contribution in [2.75, 3.05) is 11.9 Å². The molecule has 10 rings (SSSR count). The fraction of sp³-hybridized carbons (Fsp3) is 0.282. The minimum absolute atomic E-state index is 0.00940. The lowest BCUT2D eigenvalue weighted by molar-refractivity contribution is -0.259. The molecule has 0 aromatic heterocycles. The number of sulfone groups is 2. The lowest BCUT2D eigenvalue weighted by atomic mass is 9.81. The Bertz CT molecular complexity index is 5580. The van der Waals surface area contributed by atoms with Crippen LogP contribution in [0.25, 0.3) is 22.3 Å². The second kappa shape index (κ2) is 30.0. The Balaban J connectivity index is 0.000000272. The van der Waals surface area contributed by atoms with Crippen molar-refractivity contribution < 1.29 is 138 Å². The zero-order valence-corrected chi connectivity index (χ0v) is 62.5. The van der Waals surface area contributed by atoms with Gasteiger partial charge in [0.25, 0.3) is 23.6 Å². The molecule has 8 aromatic rings. The van der Waals surface area contributed by atoms with Crippen LogP contribution in [0.3, 0.4) is 0 Å². The molecule has 34 heteroatoms. The fourth-order valence-corrected chi connectivity index (χ4v) is 15.5. The number of amides is 4. The number of aliphatic hydroxyl groups is 4. The number of hydrogen-bond donors (Lipinski definition) is 5. The van der Waals surface area contributed by atoms with Gasteiger partial charge in [-0.15, -0.1) is 0 Å². The van der Waals surface area contributed by atoms with E-state index < -0.39 is 174 Å². The zero-order chi connectivity index (χ0) is 84.8. The average Bonchev–Trinajstić information content (AvgIpc) is 1.62. The average molecular weight is 1610 g/mol. The number of fused-ring (bicyclic) bond motifs is 2. The van der Waals surface area contributed by atoms with Crippen LogP contribution in [0.2, 0.25) is 0 Å². The second-order valence-corrected chi connectivity index (χ2v) is 31.2. The second-order valence-electron chi connectivity index (χ2n) is 27.3. The summed E-state index contributed by atoms with van der Waals surface area (Å²) in [6.07, 6.45) is -21.4. The Kier molecular flexibility index (Phi) is 23.2. The van der Waals surface area contributed by atoms with Crippen molar-refractivity contribution in [1.29, 1.82) is 0 Å². The van der Waals surface area contributed by atoms with E-state index in [9.17, 15) is 129 Å². The van der Waals surface area contributed by atoms with Gasteiger partial charge in [-0.2, -0.15) is 62.3 Å². The molecule has 2 heterocycles. The number of aryl methyl sites for hydroxylation is 6. The van der Waals surface area contributed by atoms with E-state index in [4.69, 9.17) is 9.59 Å².